The number of carboxylic acids is 1. The number of esters is 1. The van der Waals surface area contributed by atoms with Gasteiger partial charge in [0.05, 0.1) is 11.3 Å². The van der Waals surface area contributed by atoms with E-state index in [-0.39, 0.29) is 22.7 Å². The molecule has 0 fully saturated rings. The van der Waals surface area contributed by atoms with Crippen molar-refractivity contribution in [1.82, 2.24) is 0 Å². The number of hydrogen-bond donors (Lipinski definition) is 2. The molecule has 1 aliphatic heterocycles. The van der Waals surface area contributed by atoms with E-state index in [1.165, 1.54) is 12.1 Å². The molecule has 1 aliphatic rings. The minimum atomic E-state index is -1.09. The highest BCUT2D eigenvalue weighted by atomic mass is 16.5. The molecule has 0 aliphatic carbocycles. The van der Waals surface area contributed by atoms with Crippen LogP contribution in [0.4, 0.5) is 5.69 Å². The fraction of sp³-hybridized carbons (Fsp3) is 0. The zero-order valence-electron chi connectivity index (χ0n) is 10.9. The van der Waals surface area contributed by atoms with Crippen molar-refractivity contribution in [2.75, 3.05) is 5.32 Å². The summed E-state index contributed by atoms with van der Waals surface area (Å²) in [6.07, 6.45) is 1.61. The lowest BCUT2D eigenvalue weighted by molar-refractivity contribution is -0.130. The molecule has 0 bridgehead atoms. The summed E-state index contributed by atoms with van der Waals surface area (Å²) in [5.41, 5.74) is 1.35. The van der Waals surface area contributed by atoms with Crippen LogP contribution in [0.1, 0.15) is 15.9 Å². The van der Waals surface area contributed by atoms with Crippen molar-refractivity contribution >= 4 is 23.7 Å². The van der Waals surface area contributed by atoms with E-state index in [9.17, 15) is 14.7 Å². The second kappa shape index (κ2) is 5.13. The van der Waals surface area contributed by atoms with Gasteiger partial charge in [0, 0.05) is 0 Å². The quantitative estimate of drug-likeness (QED) is 0.503. The highest BCUT2D eigenvalue weighted by Gasteiger charge is 2.26. The Kier molecular flexibility index (Phi) is 3.16. The molecule has 2 aromatic carbocycles. The highest BCUT2D eigenvalue weighted by Crippen LogP contribution is 2.34. The summed E-state index contributed by atoms with van der Waals surface area (Å²) in [4.78, 5) is 23.2. The fourth-order valence-electron chi connectivity index (χ4n) is 2.07. The Balaban J connectivity index is 2.04. The number of carbonyl (C=O) groups is 2. The van der Waals surface area contributed by atoms with E-state index in [1.54, 1.807) is 12.1 Å². The first-order chi connectivity index (χ1) is 10.1. The third-order valence-electron chi connectivity index (χ3n) is 3.05. The average Bonchev–Trinajstić information content (AvgIpc) is 2.48. The Morgan fingerprint density at radius 1 is 1.10 bits per heavy atom. The topological polar surface area (TPSA) is 75.6 Å². The Morgan fingerprint density at radius 2 is 1.86 bits per heavy atom. The molecule has 2 N–H and O–H groups in total. The molecule has 0 radical (unpaired) electrons. The van der Waals surface area contributed by atoms with Gasteiger partial charge in [-0.05, 0) is 23.8 Å². The van der Waals surface area contributed by atoms with Gasteiger partial charge in [-0.15, -0.1) is 0 Å². The normalized spacial score (nSPS) is 15.0. The fourth-order valence-corrected chi connectivity index (χ4v) is 2.07. The first-order valence-electron chi connectivity index (χ1n) is 6.27. The van der Waals surface area contributed by atoms with Crippen LogP contribution in [0.2, 0.25) is 0 Å². The van der Waals surface area contributed by atoms with Gasteiger partial charge in [0.2, 0.25) is 0 Å². The number of aromatic carboxylic acids is 1. The van der Waals surface area contributed by atoms with Crippen molar-refractivity contribution < 1.29 is 19.4 Å². The molecule has 3 rings (SSSR count). The van der Waals surface area contributed by atoms with Gasteiger partial charge in [-0.1, -0.05) is 36.4 Å². The van der Waals surface area contributed by atoms with E-state index >= 15 is 0 Å². The molecule has 21 heavy (non-hydrogen) atoms. The number of ether oxygens (including phenoxy) is 1. The molecule has 5 heteroatoms. The summed E-state index contributed by atoms with van der Waals surface area (Å²) < 4.78 is 5.17. The van der Waals surface area contributed by atoms with E-state index in [1.807, 2.05) is 30.3 Å². The molecule has 1 heterocycles. The summed E-state index contributed by atoms with van der Waals surface area (Å²) in [6, 6.07) is 13.8. The zero-order valence-corrected chi connectivity index (χ0v) is 10.9. The van der Waals surface area contributed by atoms with E-state index in [4.69, 9.17) is 4.74 Å². The van der Waals surface area contributed by atoms with E-state index in [2.05, 4.69) is 5.32 Å². The molecule has 0 aromatic heterocycles. The minimum Gasteiger partial charge on any atom is -0.478 e. The maximum Gasteiger partial charge on any atom is 0.360 e. The molecule has 0 atom stereocenters. The van der Waals surface area contributed by atoms with Gasteiger partial charge in [0.15, 0.2) is 5.75 Å². The molecule has 2 aromatic rings. The molecule has 0 saturated heterocycles. The summed E-state index contributed by atoms with van der Waals surface area (Å²) in [7, 11) is 0. The van der Waals surface area contributed by atoms with Gasteiger partial charge >= 0.3 is 11.9 Å². The maximum atomic E-state index is 11.9. The predicted octanol–water partition coefficient (Wildman–Crippen LogP) is 2.76. The lowest BCUT2D eigenvalue weighted by Crippen LogP contribution is -2.24. The number of rotatable bonds is 2. The van der Waals surface area contributed by atoms with Crippen molar-refractivity contribution in [3.63, 3.8) is 0 Å². The van der Waals surface area contributed by atoms with Gasteiger partial charge < -0.3 is 15.2 Å². The number of anilines is 1. The second-order valence-corrected chi connectivity index (χ2v) is 4.47. The number of fused-ring (bicyclic) bond motifs is 1. The lowest BCUT2D eigenvalue weighted by Gasteiger charge is -2.21. The van der Waals surface area contributed by atoms with Crippen LogP contribution in [0.5, 0.6) is 5.75 Å². The summed E-state index contributed by atoms with van der Waals surface area (Å²) >= 11 is 0. The summed E-state index contributed by atoms with van der Waals surface area (Å²) in [5.74, 6) is -1.42. The Hall–Kier alpha value is -3.08. The van der Waals surface area contributed by atoms with Crippen LogP contribution in [-0.2, 0) is 4.79 Å². The molecular formula is C16H11NO4. The zero-order chi connectivity index (χ0) is 14.8. The van der Waals surface area contributed by atoms with Crippen molar-refractivity contribution in [3.8, 4) is 5.75 Å². The van der Waals surface area contributed by atoms with E-state index in [0.29, 0.717) is 0 Å². The first-order valence-corrected chi connectivity index (χ1v) is 6.27. The molecule has 0 saturated carbocycles. The Bertz CT molecular complexity index is 750. The number of carboxylic acid groups (broad SMARTS) is 1. The number of para-hydroxylation sites is 1. The number of carbonyl (C=O) groups excluding carboxylic acids is 1. The Labute approximate surface area is 120 Å². The van der Waals surface area contributed by atoms with Gasteiger partial charge in [-0.25, -0.2) is 9.59 Å². The molecular weight excluding hydrogens is 270 g/mol. The average molecular weight is 281 g/mol. The SMILES string of the molecule is O=C1Oc2cccc(C(=O)O)c2N/C1=C/c1ccccc1. The highest BCUT2D eigenvalue weighted by molar-refractivity contribution is 6.05. The number of hydrogen-bond acceptors (Lipinski definition) is 4. The van der Waals surface area contributed by atoms with Crippen molar-refractivity contribution in [2.24, 2.45) is 0 Å². The predicted molar refractivity (Wildman–Crippen MR) is 77.1 cm³/mol. The van der Waals surface area contributed by atoms with Crippen molar-refractivity contribution in [2.45, 2.75) is 0 Å². The van der Waals surface area contributed by atoms with E-state index < -0.39 is 11.9 Å². The minimum absolute atomic E-state index is 0.0546. The van der Waals surface area contributed by atoms with Crippen LogP contribution in [-0.4, -0.2) is 17.0 Å². The van der Waals surface area contributed by atoms with Crippen LogP contribution >= 0.6 is 0 Å². The lowest BCUT2D eigenvalue weighted by atomic mass is 10.1. The number of nitrogens with one attached hydrogen (secondary N) is 1. The van der Waals surface area contributed by atoms with Gasteiger partial charge in [-0.3, -0.25) is 0 Å². The van der Waals surface area contributed by atoms with Crippen LogP contribution in [0, 0.1) is 0 Å². The van der Waals surface area contributed by atoms with Crippen LogP contribution in [0.15, 0.2) is 54.2 Å². The van der Waals surface area contributed by atoms with Gasteiger partial charge in [0.1, 0.15) is 5.70 Å². The van der Waals surface area contributed by atoms with Gasteiger partial charge in [0.25, 0.3) is 0 Å². The van der Waals surface area contributed by atoms with Crippen LogP contribution < -0.4 is 10.1 Å². The van der Waals surface area contributed by atoms with Crippen LogP contribution in [0.3, 0.4) is 0 Å². The largest absolute Gasteiger partial charge is 0.478 e. The third-order valence-corrected chi connectivity index (χ3v) is 3.05. The van der Waals surface area contributed by atoms with Gasteiger partial charge in [-0.2, -0.15) is 0 Å². The molecule has 5 nitrogen and oxygen atoms in total. The number of benzene rings is 2. The molecule has 104 valence electrons. The standard InChI is InChI=1S/C16H11NO4/c18-15(19)11-7-4-8-13-14(11)17-12(16(20)21-13)9-10-5-2-1-3-6-10/h1-9,17H,(H,18,19)/b12-9+. The first kappa shape index (κ1) is 12.9. The molecule has 0 amide bonds. The summed E-state index contributed by atoms with van der Waals surface area (Å²) in [5, 5.41) is 12.0. The van der Waals surface area contributed by atoms with E-state index in [0.717, 1.165) is 5.56 Å². The van der Waals surface area contributed by atoms with Crippen molar-refractivity contribution in [1.29, 1.82) is 0 Å². The van der Waals surface area contributed by atoms with Crippen LogP contribution in [0.25, 0.3) is 6.08 Å². The second-order valence-electron chi connectivity index (χ2n) is 4.47. The Morgan fingerprint density at radius 3 is 2.57 bits per heavy atom. The maximum absolute atomic E-state index is 11.9. The van der Waals surface area contributed by atoms with Crippen molar-refractivity contribution in [3.05, 3.63) is 65.4 Å². The molecule has 0 spiro atoms. The smallest absolute Gasteiger partial charge is 0.360 e. The monoisotopic (exact) mass is 281 g/mol. The summed E-state index contributed by atoms with van der Waals surface area (Å²) in [6.45, 7) is 0. The third kappa shape index (κ3) is 2.49. The molecule has 0 unspecified atom stereocenters.